The first-order valence-electron chi connectivity index (χ1n) is 15.8. The number of phenols is 2. The lowest BCUT2D eigenvalue weighted by Crippen LogP contribution is -2.12. The molecule has 2 aliphatic carbocycles. The summed E-state index contributed by atoms with van der Waals surface area (Å²) in [5, 5.41) is 22.3. The molecule has 0 heterocycles. The van der Waals surface area contributed by atoms with E-state index in [2.05, 4.69) is 80.6 Å². The minimum atomic E-state index is 0.0192. The number of aromatic hydroxyl groups is 2. The lowest BCUT2D eigenvalue weighted by atomic mass is 9.75. The van der Waals surface area contributed by atoms with Crippen LogP contribution < -0.4 is 0 Å². The number of aryl methyl sites for hydroxylation is 2. The fourth-order valence-electron chi connectivity index (χ4n) is 7.58. The summed E-state index contributed by atoms with van der Waals surface area (Å²) in [5.74, 6) is 1.75. The van der Waals surface area contributed by atoms with Gasteiger partial charge >= 0.3 is 0 Å². The van der Waals surface area contributed by atoms with Crippen LogP contribution >= 0.6 is 0 Å². The second kappa shape index (κ2) is 12.1. The van der Waals surface area contributed by atoms with Crippen LogP contribution in [0.25, 0.3) is 11.1 Å². The van der Waals surface area contributed by atoms with Crippen molar-refractivity contribution in [2.24, 2.45) is 0 Å². The molecule has 2 fully saturated rings. The molecule has 2 nitrogen and oxygen atoms in total. The van der Waals surface area contributed by atoms with E-state index >= 15 is 0 Å². The Morgan fingerprint density at radius 3 is 1.44 bits per heavy atom. The first-order valence-corrected chi connectivity index (χ1v) is 15.8. The molecular formula is C39H44O2. The Morgan fingerprint density at radius 2 is 0.976 bits per heavy atom. The molecule has 0 spiro atoms. The van der Waals surface area contributed by atoms with Gasteiger partial charge in [0, 0.05) is 5.92 Å². The van der Waals surface area contributed by atoms with E-state index in [9.17, 15) is 10.2 Å². The molecular weight excluding hydrogens is 500 g/mol. The third-order valence-corrected chi connectivity index (χ3v) is 9.89. The lowest BCUT2D eigenvalue weighted by Gasteiger charge is -2.29. The Morgan fingerprint density at radius 1 is 0.537 bits per heavy atom. The van der Waals surface area contributed by atoms with Crippen LogP contribution in [0.5, 0.6) is 11.5 Å². The molecule has 0 amide bonds. The zero-order valence-electron chi connectivity index (χ0n) is 24.7. The van der Waals surface area contributed by atoms with Gasteiger partial charge in [-0.3, -0.25) is 0 Å². The molecule has 0 radical (unpaired) electrons. The van der Waals surface area contributed by atoms with Gasteiger partial charge in [-0.25, -0.2) is 0 Å². The summed E-state index contributed by atoms with van der Waals surface area (Å²) in [5.41, 5.74) is 10.7. The predicted molar refractivity (Wildman–Crippen MR) is 170 cm³/mol. The van der Waals surface area contributed by atoms with Gasteiger partial charge in [0.15, 0.2) is 0 Å². The number of benzene rings is 4. The van der Waals surface area contributed by atoms with Crippen molar-refractivity contribution in [2.45, 2.75) is 95.8 Å². The Bertz CT molecular complexity index is 1400. The minimum Gasteiger partial charge on any atom is -0.508 e. The quantitative estimate of drug-likeness (QED) is 0.237. The summed E-state index contributed by atoms with van der Waals surface area (Å²) in [6.07, 6.45) is 12.1. The van der Waals surface area contributed by atoms with E-state index in [-0.39, 0.29) is 5.92 Å². The van der Waals surface area contributed by atoms with Crippen molar-refractivity contribution >= 4 is 0 Å². The van der Waals surface area contributed by atoms with Crippen LogP contribution in [-0.2, 0) is 0 Å². The molecule has 0 saturated heterocycles. The van der Waals surface area contributed by atoms with Crippen LogP contribution in [0.1, 0.15) is 121 Å². The summed E-state index contributed by atoms with van der Waals surface area (Å²) in [7, 11) is 0. The summed E-state index contributed by atoms with van der Waals surface area (Å²) >= 11 is 0. The first kappa shape index (κ1) is 27.6. The van der Waals surface area contributed by atoms with Gasteiger partial charge in [-0.1, -0.05) is 105 Å². The van der Waals surface area contributed by atoms with Gasteiger partial charge in [-0.05, 0) is 114 Å². The molecule has 0 unspecified atom stereocenters. The lowest BCUT2D eigenvalue weighted by molar-refractivity contribution is 0.413. The highest BCUT2D eigenvalue weighted by Gasteiger charge is 2.28. The van der Waals surface area contributed by atoms with Gasteiger partial charge in [-0.2, -0.15) is 0 Å². The van der Waals surface area contributed by atoms with E-state index in [0.717, 1.165) is 47.9 Å². The fraction of sp³-hybridized carbons (Fsp3) is 0.385. The van der Waals surface area contributed by atoms with Crippen LogP contribution in [0.4, 0.5) is 0 Å². The van der Waals surface area contributed by atoms with Crippen molar-refractivity contribution in [3.8, 4) is 22.6 Å². The molecule has 6 rings (SSSR count). The number of hydrogen-bond acceptors (Lipinski definition) is 2. The topological polar surface area (TPSA) is 40.5 Å². The highest BCUT2D eigenvalue weighted by Crippen LogP contribution is 2.45. The molecule has 4 aromatic carbocycles. The molecule has 0 bridgehead atoms. The average Bonchev–Trinajstić information content (AvgIpc) is 3.01. The Kier molecular flexibility index (Phi) is 8.19. The first-order chi connectivity index (χ1) is 20.0. The van der Waals surface area contributed by atoms with Crippen molar-refractivity contribution in [1.29, 1.82) is 0 Å². The number of rotatable bonds is 6. The maximum absolute atomic E-state index is 11.1. The Labute approximate surface area is 246 Å². The van der Waals surface area contributed by atoms with Crippen molar-refractivity contribution in [1.82, 2.24) is 0 Å². The number of phenolic OH excluding ortho intramolecular Hbond substituents is 2. The predicted octanol–water partition coefficient (Wildman–Crippen LogP) is 10.7. The molecule has 41 heavy (non-hydrogen) atoms. The summed E-state index contributed by atoms with van der Waals surface area (Å²) in [6.45, 7) is 4.28. The molecule has 4 aromatic rings. The zero-order valence-corrected chi connectivity index (χ0v) is 24.7. The standard InChI is InChI=1S/C39H44O2/c1-26-22-37(40)35(30-14-8-4-9-15-30)24-33(26)39(32-20-18-29(19-21-32)28-12-6-3-7-13-28)34-25-36(38(41)23-27(34)2)31-16-10-5-11-17-31/h3,6-7,12-13,18-25,30-31,39-41H,4-5,8-11,14-17H2,1-2H3. The summed E-state index contributed by atoms with van der Waals surface area (Å²) < 4.78 is 0. The van der Waals surface area contributed by atoms with Gasteiger partial charge in [0.05, 0.1) is 0 Å². The molecule has 2 heteroatoms. The van der Waals surface area contributed by atoms with Gasteiger partial charge < -0.3 is 10.2 Å². The molecule has 0 atom stereocenters. The van der Waals surface area contributed by atoms with Crippen molar-refractivity contribution in [3.63, 3.8) is 0 Å². The third kappa shape index (κ3) is 5.80. The maximum Gasteiger partial charge on any atom is 0.119 e. The smallest absolute Gasteiger partial charge is 0.119 e. The van der Waals surface area contributed by atoms with E-state index in [1.807, 2.05) is 12.1 Å². The minimum absolute atomic E-state index is 0.0192. The van der Waals surface area contributed by atoms with Crippen LogP contribution in [0.3, 0.4) is 0 Å². The molecule has 0 aromatic heterocycles. The largest absolute Gasteiger partial charge is 0.508 e. The van der Waals surface area contributed by atoms with E-state index in [1.54, 1.807) is 0 Å². The van der Waals surface area contributed by atoms with Gasteiger partial charge in [0.25, 0.3) is 0 Å². The van der Waals surface area contributed by atoms with E-state index in [1.165, 1.54) is 66.3 Å². The molecule has 2 saturated carbocycles. The highest BCUT2D eigenvalue weighted by atomic mass is 16.3. The van der Waals surface area contributed by atoms with Crippen molar-refractivity contribution in [3.05, 3.63) is 118 Å². The van der Waals surface area contributed by atoms with Crippen LogP contribution in [0.15, 0.2) is 78.9 Å². The summed E-state index contributed by atoms with van der Waals surface area (Å²) in [6, 6.07) is 28.3. The second-order valence-corrected chi connectivity index (χ2v) is 12.6. The average molecular weight is 545 g/mol. The SMILES string of the molecule is Cc1cc(O)c(C2CCCCC2)cc1C(c1ccc(-c2ccccc2)cc1)c1cc(C2CCCCC2)c(O)cc1C. The molecule has 2 aliphatic rings. The van der Waals surface area contributed by atoms with Crippen molar-refractivity contribution < 1.29 is 10.2 Å². The van der Waals surface area contributed by atoms with Crippen LogP contribution in [0, 0.1) is 13.8 Å². The molecule has 212 valence electrons. The molecule has 0 aliphatic heterocycles. The highest BCUT2D eigenvalue weighted by molar-refractivity contribution is 5.65. The third-order valence-electron chi connectivity index (χ3n) is 9.89. The Hall–Kier alpha value is -3.52. The van der Waals surface area contributed by atoms with E-state index in [0.29, 0.717) is 23.3 Å². The molecule has 2 N–H and O–H groups in total. The van der Waals surface area contributed by atoms with Gasteiger partial charge in [0.1, 0.15) is 11.5 Å². The Balaban J connectivity index is 1.50. The van der Waals surface area contributed by atoms with Crippen LogP contribution in [-0.4, -0.2) is 10.2 Å². The van der Waals surface area contributed by atoms with E-state index < -0.39 is 0 Å². The zero-order chi connectivity index (χ0) is 28.3. The normalized spacial score (nSPS) is 16.8. The van der Waals surface area contributed by atoms with Crippen molar-refractivity contribution in [2.75, 3.05) is 0 Å². The van der Waals surface area contributed by atoms with Gasteiger partial charge in [0.2, 0.25) is 0 Å². The fourth-order valence-corrected chi connectivity index (χ4v) is 7.58. The monoisotopic (exact) mass is 544 g/mol. The summed E-state index contributed by atoms with van der Waals surface area (Å²) in [4.78, 5) is 0. The second-order valence-electron chi connectivity index (χ2n) is 12.6. The maximum atomic E-state index is 11.1. The number of hydrogen-bond donors (Lipinski definition) is 2. The van der Waals surface area contributed by atoms with E-state index in [4.69, 9.17) is 0 Å². The van der Waals surface area contributed by atoms with Crippen LogP contribution in [0.2, 0.25) is 0 Å². The van der Waals surface area contributed by atoms with Gasteiger partial charge in [-0.15, -0.1) is 0 Å².